The second-order valence-electron chi connectivity index (χ2n) is 8.33. The molecule has 7 nitrogen and oxygen atoms in total. The zero-order valence-corrected chi connectivity index (χ0v) is 19.4. The van der Waals surface area contributed by atoms with Gasteiger partial charge >= 0.3 is 0 Å². The summed E-state index contributed by atoms with van der Waals surface area (Å²) in [6, 6.07) is 12.5. The van der Waals surface area contributed by atoms with E-state index in [4.69, 9.17) is 4.74 Å². The number of hydrogen-bond donors (Lipinski definition) is 0. The Bertz CT molecular complexity index is 1110. The maximum atomic E-state index is 10.1. The fourth-order valence-corrected chi connectivity index (χ4v) is 3.50. The van der Waals surface area contributed by atoms with Crippen LogP contribution >= 0.6 is 0 Å². The van der Waals surface area contributed by atoms with E-state index in [2.05, 4.69) is 34.0 Å². The summed E-state index contributed by atoms with van der Waals surface area (Å²) < 4.78 is 5.46. The van der Waals surface area contributed by atoms with Crippen molar-refractivity contribution in [1.29, 1.82) is 5.26 Å². The zero-order valence-electron chi connectivity index (χ0n) is 19.4. The van der Waals surface area contributed by atoms with Crippen LogP contribution in [0.1, 0.15) is 30.8 Å². The van der Waals surface area contributed by atoms with Gasteiger partial charge < -0.3 is 14.5 Å². The predicted octanol–water partition coefficient (Wildman–Crippen LogP) is 3.75. The Labute approximate surface area is 184 Å². The predicted molar refractivity (Wildman–Crippen MR) is 125 cm³/mol. The van der Waals surface area contributed by atoms with Gasteiger partial charge in [-0.25, -0.2) is 15.0 Å². The molecule has 162 valence electrons. The summed E-state index contributed by atoms with van der Waals surface area (Å²) in [5.41, 5.74) is 1.95. The Kier molecular flexibility index (Phi) is 6.30. The molecule has 0 bridgehead atoms. The Morgan fingerprint density at radius 2 is 1.65 bits per heavy atom. The molecule has 2 heterocycles. The number of methoxy groups -OCH3 is 1. The van der Waals surface area contributed by atoms with Gasteiger partial charge in [-0.2, -0.15) is 5.26 Å². The molecule has 0 N–H and O–H groups in total. The third kappa shape index (κ3) is 4.53. The van der Waals surface area contributed by atoms with E-state index in [0.29, 0.717) is 18.1 Å². The average molecular weight is 419 g/mol. The molecule has 0 radical (unpaired) electrons. The molecule has 0 aliphatic carbocycles. The number of rotatable bonds is 7. The summed E-state index contributed by atoms with van der Waals surface area (Å²) in [7, 11) is 9.42. The SMILES string of the molecule is CCc1cc2ccc(C(C)(C#N)Cc3nc(N(C)C)cc(N(C)C)n3)cc2nc1OC. The first-order valence-electron chi connectivity index (χ1n) is 10.3. The molecule has 0 aliphatic rings. The van der Waals surface area contributed by atoms with E-state index in [1.54, 1.807) is 7.11 Å². The lowest BCUT2D eigenvalue weighted by Crippen LogP contribution is -2.26. The maximum absolute atomic E-state index is 10.1. The highest BCUT2D eigenvalue weighted by atomic mass is 16.5. The van der Waals surface area contributed by atoms with Gasteiger partial charge in [0.1, 0.15) is 17.5 Å². The van der Waals surface area contributed by atoms with Crippen molar-refractivity contribution in [2.45, 2.75) is 32.1 Å². The Hall–Kier alpha value is -3.40. The molecule has 2 aromatic heterocycles. The van der Waals surface area contributed by atoms with Crippen LogP contribution in [0, 0.1) is 11.3 Å². The van der Waals surface area contributed by atoms with Gasteiger partial charge in [-0.05, 0) is 31.0 Å². The molecule has 1 atom stereocenters. The molecule has 1 unspecified atom stereocenters. The normalized spacial score (nSPS) is 12.8. The number of benzene rings is 1. The molecule has 3 rings (SSSR count). The van der Waals surface area contributed by atoms with Gasteiger partial charge in [-0.1, -0.05) is 19.1 Å². The molecule has 0 spiro atoms. The minimum atomic E-state index is -0.805. The first-order valence-corrected chi connectivity index (χ1v) is 10.3. The number of aromatic nitrogens is 3. The second kappa shape index (κ2) is 8.76. The van der Waals surface area contributed by atoms with Crippen LogP contribution in [0.4, 0.5) is 11.6 Å². The highest BCUT2D eigenvalue weighted by molar-refractivity contribution is 5.81. The van der Waals surface area contributed by atoms with E-state index >= 15 is 0 Å². The summed E-state index contributed by atoms with van der Waals surface area (Å²) in [5.74, 6) is 2.88. The van der Waals surface area contributed by atoms with E-state index in [0.717, 1.165) is 40.1 Å². The van der Waals surface area contributed by atoms with Gasteiger partial charge in [0.2, 0.25) is 5.88 Å². The quantitative estimate of drug-likeness (QED) is 0.578. The van der Waals surface area contributed by atoms with Crippen LogP contribution in [0.2, 0.25) is 0 Å². The molecule has 0 amide bonds. The van der Waals surface area contributed by atoms with Crippen molar-refractivity contribution >= 4 is 22.5 Å². The number of aryl methyl sites for hydroxylation is 1. The summed E-state index contributed by atoms with van der Waals surface area (Å²) in [6.07, 6.45) is 1.24. The Balaban J connectivity index is 2.06. The topological polar surface area (TPSA) is 78.2 Å². The first-order chi connectivity index (χ1) is 14.7. The largest absolute Gasteiger partial charge is 0.481 e. The van der Waals surface area contributed by atoms with Crippen molar-refractivity contribution < 1.29 is 4.74 Å². The van der Waals surface area contributed by atoms with E-state index in [1.807, 2.05) is 69.2 Å². The second-order valence-corrected chi connectivity index (χ2v) is 8.33. The van der Waals surface area contributed by atoms with Crippen LogP contribution < -0.4 is 14.5 Å². The van der Waals surface area contributed by atoms with Crippen LogP contribution in [-0.4, -0.2) is 50.3 Å². The summed E-state index contributed by atoms with van der Waals surface area (Å²) >= 11 is 0. The monoisotopic (exact) mass is 418 g/mol. The zero-order chi connectivity index (χ0) is 22.8. The van der Waals surface area contributed by atoms with Crippen molar-refractivity contribution in [2.24, 2.45) is 0 Å². The Morgan fingerprint density at radius 3 is 2.16 bits per heavy atom. The van der Waals surface area contributed by atoms with Crippen LogP contribution in [0.25, 0.3) is 10.9 Å². The van der Waals surface area contributed by atoms with Crippen LogP contribution in [0.3, 0.4) is 0 Å². The van der Waals surface area contributed by atoms with Crippen molar-refractivity contribution in [1.82, 2.24) is 15.0 Å². The van der Waals surface area contributed by atoms with Crippen molar-refractivity contribution in [3.05, 3.63) is 47.3 Å². The minimum absolute atomic E-state index is 0.391. The minimum Gasteiger partial charge on any atom is -0.481 e. The van der Waals surface area contributed by atoms with Crippen molar-refractivity contribution in [3.63, 3.8) is 0 Å². The molecule has 3 aromatic rings. The molecule has 31 heavy (non-hydrogen) atoms. The van der Waals surface area contributed by atoms with E-state index in [-0.39, 0.29) is 0 Å². The number of pyridine rings is 1. The van der Waals surface area contributed by atoms with Crippen LogP contribution in [0.15, 0.2) is 30.3 Å². The van der Waals surface area contributed by atoms with Gasteiger partial charge in [0.05, 0.1) is 24.1 Å². The lowest BCUT2D eigenvalue weighted by molar-refractivity contribution is 0.394. The summed E-state index contributed by atoms with van der Waals surface area (Å²) in [4.78, 5) is 17.9. The standard InChI is InChI=1S/C24H30N6O/c1-8-16-11-17-9-10-18(12-19(17)26-23(16)31-7)24(2,15-25)14-20-27-21(29(3)4)13-22(28-20)30(5)6/h9-13H,8,14H2,1-7H3. The van der Waals surface area contributed by atoms with Gasteiger partial charge in [-0.15, -0.1) is 0 Å². The fourth-order valence-electron chi connectivity index (χ4n) is 3.50. The van der Waals surface area contributed by atoms with Gasteiger partial charge in [0.15, 0.2) is 0 Å². The molecule has 0 aliphatic heterocycles. The molecule has 0 fully saturated rings. The lowest BCUT2D eigenvalue weighted by atomic mass is 9.80. The number of fused-ring (bicyclic) bond motifs is 1. The van der Waals surface area contributed by atoms with E-state index in [1.165, 1.54) is 0 Å². The highest BCUT2D eigenvalue weighted by Gasteiger charge is 2.29. The average Bonchev–Trinajstić information content (AvgIpc) is 2.77. The van der Waals surface area contributed by atoms with E-state index < -0.39 is 5.41 Å². The number of hydrogen-bond acceptors (Lipinski definition) is 7. The van der Waals surface area contributed by atoms with Crippen LogP contribution in [-0.2, 0) is 18.3 Å². The highest BCUT2D eigenvalue weighted by Crippen LogP contribution is 2.31. The first kappa shape index (κ1) is 22.3. The summed E-state index contributed by atoms with van der Waals surface area (Å²) in [5, 5.41) is 11.2. The van der Waals surface area contributed by atoms with Gasteiger partial charge in [0, 0.05) is 51.6 Å². The van der Waals surface area contributed by atoms with Gasteiger partial charge in [0.25, 0.3) is 0 Å². The number of anilines is 2. The lowest BCUT2D eigenvalue weighted by Gasteiger charge is -2.24. The molecule has 1 aromatic carbocycles. The smallest absolute Gasteiger partial charge is 0.216 e. The van der Waals surface area contributed by atoms with Crippen LogP contribution in [0.5, 0.6) is 5.88 Å². The molecule has 7 heteroatoms. The number of ether oxygens (including phenoxy) is 1. The third-order valence-corrected chi connectivity index (χ3v) is 5.49. The fraction of sp³-hybridized carbons (Fsp3) is 0.417. The van der Waals surface area contributed by atoms with E-state index in [9.17, 15) is 5.26 Å². The number of nitrogens with zero attached hydrogens (tertiary/aromatic N) is 6. The summed E-state index contributed by atoms with van der Waals surface area (Å²) in [6.45, 7) is 4.00. The molecular formula is C24H30N6O. The number of nitriles is 1. The molecule has 0 saturated heterocycles. The third-order valence-electron chi connectivity index (χ3n) is 5.49. The molecule has 0 saturated carbocycles. The maximum Gasteiger partial charge on any atom is 0.216 e. The van der Waals surface area contributed by atoms with Gasteiger partial charge in [-0.3, -0.25) is 0 Å². The van der Waals surface area contributed by atoms with Crippen molar-refractivity contribution in [2.75, 3.05) is 45.1 Å². The Morgan fingerprint density at radius 1 is 1.00 bits per heavy atom. The molecular weight excluding hydrogens is 388 g/mol. The van der Waals surface area contributed by atoms with Crippen molar-refractivity contribution in [3.8, 4) is 11.9 Å².